The first-order valence-corrected chi connectivity index (χ1v) is 7.66. The molecule has 4 nitrogen and oxygen atoms in total. The van der Waals surface area contributed by atoms with Crippen molar-refractivity contribution in [3.8, 4) is 0 Å². The molecule has 1 aromatic heterocycles. The van der Waals surface area contributed by atoms with Gasteiger partial charge in [-0.05, 0) is 49.8 Å². The van der Waals surface area contributed by atoms with Gasteiger partial charge in [-0.3, -0.25) is 4.79 Å². The Morgan fingerprint density at radius 3 is 2.95 bits per heavy atom. The van der Waals surface area contributed by atoms with Gasteiger partial charge in [0.05, 0.1) is 6.04 Å². The molecule has 1 atom stereocenters. The SMILES string of the molecule is CC(C)(CCN)CCC(=O)N1CCCC1c1ccc[nH]1. The number of hydrogen-bond acceptors (Lipinski definition) is 2. The molecule has 112 valence electrons. The van der Waals surface area contributed by atoms with E-state index in [9.17, 15) is 4.79 Å². The van der Waals surface area contributed by atoms with Crippen LogP contribution >= 0.6 is 0 Å². The van der Waals surface area contributed by atoms with Gasteiger partial charge in [-0.1, -0.05) is 13.8 Å². The minimum absolute atomic E-state index is 0.159. The number of rotatable bonds is 6. The maximum absolute atomic E-state index is 12.5. The van der Waals surface area contributed by atoms with E-state index in [2.05, 4.69) is 24.9 Å². The van der Waals surface area contributed by atoms with Crippen LogP contribution in [0.3, 0.4) is 0 Å². The van der Waals surface area contributed by atoms with Crippen molar-refractivity contribution in [3.05, 3.63) is 24.0 Å². The lowest BCUT2D eigenvalue weighted by Gasteiger charge is -2.27. The summed E-state index contributed by atoms with van der Waals surface area (Å²) in [6.45, 7) is 5.97. The van der Waals surface area contributed by atoms with Gasteiger partial charge < -0.3 is 15.6 Å². The Labute approximate surface area is 121 Å². The van der Waals surface area contributed by atoms with E-state index >= 15 is 0 Å². The summed E-state index contributed by atoms with van der Waals surface area (Å²) in [5.41, 5.74) is 6.95. The number of nitrogens with two attached hydrogens (primary N) is 1. The van der Waals surface area contributed by atoms with Crippen LogP contribution in [0.4, 0.5) is 0 Å². The zero-order chi connectivity index (χ0) is 14.6. The van der Waals surface area contributed by atoms with Crippen LogP contribution in [0.2, 0.25) is 0 Å². The van der Waals surface area contributed by atoms with Crippen molar-refractivity contribution in [2.24, 2.45) is 11.1 Å². The third-order valence-corrected chi connectivity index (χ3v) is 4.39. The Bertz CT molecular complexity index is 425. The molecular weight excluding hydrogens is 250 g/mol. The number of aromatic nitrogens is 1. The Hall–Kier alpha value is -1.29. The Morgan fingerprint density at radius 1 is 1.50 bits per heavy atom. The highest BCUT2D eigenvalue weighted by molar-refractivity contribution is 5.77. The molecule has 1 saturated heterocycles. The molecule has 1 aromatic rings. The number of H-pyrrole nitrogens is 1. The summed E-state index contributed by atoms with van der Waals surface area (Å²) in [5, 5.41) is 0. The van der Waals surface area contributed by atoms with Crippen molar-refractivity contribution < 1.29 is 4.79 Å². The van der Waals surface area contributed by atoms with E-state index in [4.69, 9.17) is 5.73 Å². The van der Waals surface area contributed by atoms with E-state index in [0.29, 0.717) is 13.0 Å². The van der Waals surface area contributed by atoms with E-state index in [1.165, 1.54) is 0 Å². The smallest absolute Gasteiger partial charge is 0.223 e. The van der Waals surface area contributed by atoms with Crippen LogP contribution in [0.5, 0.6) is 0 Å². The van der Waals surface area contributed by atoms with Crippen molar-refractivity contribution >= 4 is 5.91 Å². The largest absolute Gasteiger partial charge is 0.363 e. The molecule has 0 radical (unpaired) electrons. The number of nitrogens with one attached hydrogen (secondary N) is 1. The minimum Gasteiger partial charge on any atom is -0.363 e. The second-order valence-corrected chi connectivity index (χ2v) is 6.57. The second-order valence-electron chi connectivity index (χ2n) is 6.57. The third-order valence-electron chi connectivity index (χ3n) is 4.39. The number of hydrogen-bond donors (Lipinski definition) is 2. The van der Waals surface area contributed by atoms with Crippen LogP contribution in [0.1, 0.15) is 57.7 Å². The van der Waals surface area contributed by atoms with Crippen molar-refractivity contribution in [1.82, 2.24) is 9.88 Å². The number of carbonyl (C=O) groups excluding carboxylic acids is 1. The highest BCUT2D eigenvalue weighted by Crippen LogP contribution is 2.33. The van der Waals surface area contributed by atoms with E-state index in [1.54, 1.807) is 0 Å². The second kappa shape index (κ2) is 6.44. The average Bonchev–Trinajstić information content (AvgIpc) is 3.05. The lowest BCUT2D eigenvalue weighted by Crippen LogP contribution is -2.31. The molecule has 1 aliphatic rings. The standard InChI is InChI=1S/C16H27N3O/c1-16(2,9-10-17)8-7-15(20)19-12-4-6-14(19)13-5-3-11-18-13/h3,5,11,14,18H,4,6-10,12,17H2,1-2H3. The molecule has 20 heavy (non-hydrogen) atoms. The summed E-state index contributed by atoms with van der Waals surface area (Å²) in [7, 11) is 0. The molecule has 0 spiro atoms. The molecule has 3 N–H and O–H groups in total. The molecule has 1 amide bonds. The lowest BCUT2D eigenvalue weighted by molar-refractivity contribution is -0.132. The number of carbonyl (C=O) groups is 1. The van der Waals surface area contributed by atoms with E-state index in [0.717, 1.165) is 37.9 Å². The van der Waals surface area contributed by atoms with E-state index < -0.39 is 0 Å². The van der Waals surface area contributed by atoms with Gasteiger partial charge in [0, 0.05) is 24.9 Å². The van der Waals surface area contributed by atoms with Crippen LogP contribution in [-0.2, 0) is 4.79 Å². The molecular formula is C16H27N3O. The van der Waals surface area contributed by atoms with Crippen molar-refractivity contribution in [2.75, 3.05) is 13.1 Å². The number of amides is 1. The monoisotopic (exact) mass is 277 g/mol. The summed E-state index contributed by atoms with van der Waals surface area (Å²) >= 11 is 0. The van der Waals surface area contributed by atoms with Gasteiger partial charge >= 0.3 is 0 Å². The van der Waals surface area contributed by atoms with E-state index in [-0.39, 0.29) is 17.4 Å². The molecule has 1 fully saturated rings. The highest BCUT2D eigenvalue weighted by Gasteiger charge is 2.31. The maximum Gasteiger partial charge on any atom is 0.223 e. The summed E-state index contributed by atoms with van der Waals surface area (Å²) in [6, 6.07) is 4.32. The molecule has 0 aromatic carbocycles. The molecule has 2 rings (SSSR count). The van der Waals surface area contributed by atoms with Gasteiger partial charge in [0.15, 0.2) is 0 Å². The van der Waals surface area contributed by atoms with Gasteiger partial charge in [0.1, 0.15) is 0 Å². The molecule has 0 saturated carbocycles. The van der Waals surface area contributed by atoms with Gasteiger partial charge in [-0.25, -0.2) is 0 Å². The first-order chi connectivity index (χ1) is 9.53. The molecule has 2 heterocycles. The van der Waals surface area contributed by atoms with Crippen molar-refractivity contribution in [3.63, 3.8) is 0 Å². The highest BCUT2D eigenvalue weighted by atomic mass is 16.2. The summed E-state index contributed by atoms with van der Waals surface area (Å²) in [6.07, 6.45) is 6.61. The Balaban J connectivity index is 1.92. The first kappa shape index (κ1) is 15.1. The van der Waals surface area contributed by atoms with Gasteiger partial charge in [-0.2, -0.15) is 0 Å². The lowest BCUT2D eigenvalue weighted by atomic mass is 9.84. The normalized spacial score (nSPS) is 19.6. The minimum atomic E-state index is 0.159. The van der Waals surface area contributed by atoms with Crippen LogP contribution < -0.4 is 5.73 Å². The first-order valence-electron chi connectivity index (χ1n) is 7.66. The zero-order valence-corrected chi connectivity index (χ0v) is 12.7. The van der Waals surface area contributed by atoms with Crippen LogP contribution in [0.25, 0.3) is 0 Å². The number of nitrogens with zero attached hydrogens (tertiary/aromatic N) is 1. The van der Waals surface area contributed by atoms with Crippen molar-refractivity contribution in [2.45, 2.75) is 52.0 Å². The number of aromatic amines is 1. The fraction of sp³-hybridized carbons (Fsp3) is 0.688. The summed E-state index contributed by atoms with van der Waals surface area (Å²) in [5.74, 6) is 0.284. The predicted octanol–water partition coefficient (Wildman–Crippen LogP) is 2.83. The molecule has 4 heteroatoms. The quantitative estimate of drug-likeness (QED) is 0.840. The van der Waals surface area contributed by atoms with Gasteiger partial charge in [0.2, 0.25) is 5.91 Å². The predicted molar refractivity (Wildman–Crippen MR) is 81.2 cm³/mol. The van der Waals surface area contributed by atoms with Gasteiger partial charge in [0.25, 0.3) is 0 Å². The van der Waals surface area contributed by atoms with Crippen LogP contribution in [0.15, 0.2) is 18.3 Å². The van der Waals surface area contributed by atoms with Crippen molar-refractivity contribution in [1.29, 1.82) is 0 Å². The molecule has 0 bridgehead atoms. The fourth-order valence-corrected chi connectivity index (χ4v) is 3.04. The van der Waals surface area contributed by atoms with Gasteiger partial charge in [-0.15, -0.1) is 0 Å². The third kappa shape index (κ3) is 3.63. The van der Waals surface area contributed by atoms with E-state index in [1.807, 2.05) is 17.2 Å². The molecule has 0 aliphatic carbocycles. The average molecular weight is 277 g/mol. The Kier molecular flexibility index (Phi) is 4.86. The molecule has 1 aliphatic heterocycles. The molecule has 1 unspecified atom stereocenters. The zero-order valence-electron chi connectivity index (χ0n) is 12.7. The maximum atomic E-state index is 12.5. The Morgan fingerprint density at radius 2 is 2.30 bits per heavy atom. The summed E-state index contributed by atoms with van der Waals surface area (Å²) in [4.78, 5) is 17.8. The van der Waals surface area contributed by atoms with Crippen LogP contribution in [-0.4, -0.2) is 28.9 Å². The fourth-order valence-electron chi connectivity index (χ4n) is 3.04. The number of likely N-dealkylation sites (tertiary alicyclic amines) is 1. The summed E-state index contributed by atoms with van der Waals surface area (Å²) < 4.78 is 0. The topological polar surface area (TPSA) is 62.1 Å². The van der Waals surface area contributed by atoms with Crippen LogP contribution in [0, 0.1) is 5.41 Å².